The zero-order valence-electron chi connectivity index (χ0n) is 14.1. The third-order valence-electron chi connectivity index (χ3n) is 3.13. The summed E-state index contributed by atoms with van der Waals surface area (Å²) in [5, 5.41) is 2.80. The molecule has 0 saturated heterocycles. The molecule has 134 valence electrons. The van der Waals surface area contributed by atoms with Gasteiger partial charge < -0.3 is 16.0 Å². The minimum Gasteiger partial charge on any atom is -0.351 e. The zero-order valence-corrected chi connectivity index (χ0v) is 15.8. The predicted octanol–water partition coefficient (Wildman–Crippen LogP) is 2.72. The van der Waals surface area contributed by atoms with Gasteiger partial charge >= 0.3 is 0 Å². The van der Waals surface area contributed by atoms with E-state index >= 15 is 0 Å². The molecule has 0 fully saturated rings. The third-order valence-corrected chi connectivity index (χ3v) is 3.13. The molecule has 0 saturated carbocycles. The van der Waals surface area contributed by atoms with Crippen LogP contribution in [0.3, 0.4) is 0 Å². The summed E-state index contributed by atoms with van der Waals surface area (Å²) < 4.78 is 13.7. The van der Waals surface area contributed by atoms with Crippen LogP contribution in [-0.2, 0) is 17.9 Å². The Labute approximate surface area is 150 Å². The standard InChI is InChI=1S/C16H26FN3O.2ClH/c1-11(2)7-15(18)16(21)19-9-12-5-6-14(17)13(8-12)10-20(3)4;;/h5-6,8,11,15H,7,9-10,18H2,1-4H3,(H,19,21);2*1H/t15-;;/m0../s1. The Balaban J connectivity index is 0. The Morgan fingerprint density at radius 1 is 1.30 bits per heavy atom. The molecule has 0 bridgehead atoms. The number of nitrogens with zero attached hydrogens (tertiary/aromatic N) is 1. The van der Waals surface area contributed by atoms with Crippen molar-refractivity contribution in [2.75, 3.05) is 14.1 Å². The second-order valence-corrected chi connectivity index (χ2v) is 6.12. The van der Waals surface area contributed by atoms with Crippen molar-refractivity contribution in [1.82, 2.24) is 10.2 Å². The largest absolute Gasteiger partial charge is 0.351 e. The van der Waals surface area contributed by atoms with Crippen molar-refractivity contribution in [2.24, 2.45) is 11.7 Å². The highest BCUT2D eigenvalue weighted by atomic mass is 35.5. The van der Waals surface area contributed by atoms with E-state index in [0.717, 1.165) is 5.56 Å². The average molecular weight is 368 g/mol. The van der Waals surface area contributed by atoms with Crippen LogP contribution in [0.15, 0.2) is 18.2 Å². The maximum absolute atomic E-state index is 13.7. The second-order valence-electron chi connectivity index (χ2n) is 6.12. The van der Waals surface area contributed by atoms with Gasteiger partial charge in [-0.2, -0.15) is 0 Å². The number of benzene rings is 1. The first-order chi connectivity index (χ1) is 9.79. The smallest absolute Gasteiger partial charge is 0.237 e. The summed E-state index contributed by atoms with van der Waals surface area (Å²) >= 11 is 0. The molecule has 1 amide bonds. The van der Waals surface area contributed by atoms with E-state index < -0.39 is 6.04 Å². The molecule has 7 heteroatoms. The summed E-state index contributed by atoms with van der Waals surface area (Å²) in [6.07, 6.45) is 0.654. The van der Waals surface area contributed by atoms with Crippen molar-refractivity contribution >= 4 is 30.7 Å². The Morgan fingerprint density at radius 3 is 2.43 bits per heavy atom. The number of hydrogen-bond acceptors (Lipinski definition) is 3. The molecule has 4 nitrogen and oxygen atoms in total. The Bertz CT molecular complexity index is 484. The van der Waals surface area contributed by atoms with Crippen molar-refractivity contribution < 1.29 is 9.18 Å². The highest BCUT2D eigenvalue weighted by Crippen LogP contribution is 2.12. The minimum atomic E-state index is -0.494. The van der Waals surface area contributed by atoms with E-state index in [2.05, 4.69) is 5.32 Å². The number of halogens is 3. The van der Waals surface area contributed by atoms with Crippen LogP contribution in [0.25, 0.3) is 0 Å². The van der Waals surface area contributed by atoms with Gasteiger partial charge in [-0.1, -0.05) is 19.9 Å². The van der Waals surface area contributed by atoms with E-state index in [1.54, 1.807) is 12.1 Å². The van der Waals surface area contributed by atoms with Gasteiger partial charge in [-0.05, 0) is 44.1 Å². The summed E-state index contributed by atoms with van der Waals surface area (Å²) in [7, 11) is 3.78. The third kappa shape index (κ3) is 9.11. The summed E-state index contributed by atoms with van der Waals surface area (Å²) in [5.41, 5.74) is 7.32. The molecule has 0 aliphatic heterocycles. The molecule has 1 aromatic rings. The van der Waals surface area contributed by atoms with Crippen LogP contribution in [0.4, 0.5) is 4.39 Å². The first kappa shape index (κ1) is 24.4. The van der Waals surface area contributed by atoms with Crippen LogP contribution in [0.2, 0.25) is 0 Å². The lowest BCUT2D eigenvalue weighted by Crippen LogP contribution is -2.41. The van der Waals surface area contributed by atoms with Gasteiger partial charge in [-0.3, -0.25) is 4.79 Å². The average Bonchev–Trinajstić information content (AvgIpc) is 2.37. The van der Waals surface area contributed by atoms with Crippen LogP contribution < -0.4 is 11.1 Å². The molecule has 1 aromatic carbocycles. The Morgan fingerprint density at radius 2 is 1.91 bits per heavy atom. The number of amides is 1. The molecule has 0 aliphatic rings. The fourth-order valence-electron chi connectivity index (χ4n) is 2.14. The topological polar surface area (TPSA) is 58.4 Å². The predicted molar refractivity (Wildman–Crippen MR) is 97.6 cm³/mol. The molecule has 1 atom stereocenters. The van der Waals surface area contributed by atoms with Crippen LogP contribution >= 0.6 is 24.8 Å². The van der Waals surface area contributed by atoms with Crippen molar-refractivity contribution in [3.8, 4) is 0 Å². The molecule has 0 unspecified atom stereocenters. The van der Waals surface area contributed by atoms with Crippen molar-refractivity contribution in [2.45, 2.75) is 39.4 Å². The van der Waals surface area contributed by atoms with Crippen molar-refractivity contribution in [1.29, 1.82) is 0 Å². The number of carbonyl (C=O) groups is 1. The van der Waals surface area contributed by atoms with Gasteiger partial charge in [0.1, 0.15) is 5.82 Å². The van der Waals surface area contributed by atoms with Crippen LogP contribution in [0.5, 0.6) is 0 Å². The van der Waals surface area contributed by atoms with E-state index in [1.807, 2.05) is 32.8 Å². The summed E-state index contributed by atoms with van der Waals surface area (Å²) in [4.78, 5) is 13.8. The molecule has 0 aliphatic carbocycles. The van der Waals surface area contributed by atoms with E-state index in [4.69, 9.17) is 5.73 Å². The van der Waals surface area contributed by atoms with Crippen LogP contribution in [0.1, 0.15) is 31.4 Å². The maximum Gasteiger partial charge on any atom is 0.237 e. The lowest BCUT2D eigenvalue weighted by molar-refractivity contribution is -0.122. The first-order valence-corrected chi connectivity index (χ1v) is 7.25. The van der Waals surface area contributed by atoms with Crippen molar-refractivity contribution in [3.63, 3.8) is 0 Å². The van der Waals surface area contributed by atoms with Gasteiger partial charge in [-0.15, -0.1) is 24.8 Å². The Kier molecular flexibility index (Phi) is 12.3. The van der Waals surface area contributed by atoms with E-state index in [0.29, 0.717) is 31.0 Å². The second kappa shape index (κ2) is 11.6. The number of hydrogen-bond donors (Lipinski definition) is 2. The number of nitrogens with two attached hydrogens (primary N) is 1. The molecule has 0 aromatic heterocycles. The molecular formula is C16H28Cl2FN3O. The van der Waals surface area contributed by atoms with E-state index in [9.17, 15) is 9.18 Å². The number of rotatable bonds is 7. The normalized spacial score (nSPS) is 11.7. The highest BCUT2D eigenvalue weighted by molar-refractivity contribution is 5.85. The molecule has 0 heterocycles. The Hall–Kier alpha value is -0.880. The molecule has 0 radical (unpaired) electrons. The zero-order chi connectivity index (χ0) is 16.0. The quantitative estimate of drug-likeness (QED) is 0.778. The molecular weight excluding hydrogens is 340 g/mol. The molecule has 23 heavy (non-hydrogen) atoms. The van der Waals surface area contributed by atoms with E-state index in [1.165, 1.54) is 6.07 Å². The lowest BCUT2D eigenvalue weighted by atomic mass is 10.0. The highest BCUT2D eigenvalue weighted by Gasteiger charge is 2.14. The number of nitrogens with one attached hydrogen (secondary N) is 1. The van der Waals surface area contributed by atoms with Crippen LogP contribution in [-0.4, -0.2) is 30.9 Å². The van der Waals surface area contributed by atoms with Gasteiger partial charge in [0.25, 0.3) is 0 Å². The van der Waals surface area contributed by atoms with Gasteiger partial charge in [0.15, 0.2) is 0 Å². The lowest BCUT2D eigenvalue weighted by Gasteiger charge is -2.15. The van der Waals surface area contributed by atoms with Gasteiger partial charge in [0.2, 0.25) is 5.91 Å². The summed E-state index contributed by atoms with van der Waals surface area (Å²) in [6.45, 7) is 4.95. The fraction of sp³-hybridized carbons (Fsp3) is 0.562. The van der Waals surface area contributed by atoms with Gasteiger partial charge in [0, 0.05) is 18.7 Å². The van der Waals surface area contributed by atoms with Gasteiger partial charge in [-0.25, -0.2) is 4.39 Å². The molecule has 0 spiro atoms. The SMILES string of the molecule is CC(C)C[C@H](N)C(=O)NCc1ccc(F)c(CN(C)C)c1.Cl.Cl. The molecule has 3 N–H and O–H groups in total. The first-order valence-electron chi connectivity index (χ1n) is 7.25. The fourth-order valence-corrected chi connectivity index (χ4v) is 2.14. The number of carbonyl (C=O) groups excluding carboxylic acids is 1. The molecule has 1 rings (SSSR count). The van der Waals surface area contributed by atoms with Gasteiger partial charge in [0.05, 0.1) is 6.04 Å². The maximum atomic E-state index is 13.7. The summed E-state index contributed by atoms with van der Waals surface area (Å²) in [6, 6.07) is 4.41. The van der Waals surface area contributed by atoms with E-state index in [-0.39, 0.29) is 36.5 Å². The monoisotopic (exact) mass is 367 g/mol. The van der Waals surface area contributed by atoms with Crippen molar-refractivity contribution in [3.05, 3.63) is 35.1 Å². The minimum absolute atomic E-state index is 0. The summed E-state index contributed by atoms with van der Waals surface area (Å²) in [5.74, 6) is -0.0132. The van der Waals surface area contributed by atoms with Crippen LogP contribution in [0, 0.1) is 11.7 Å².